The van der Waals surface area contributed by atoms with E-state index in [1.807, 2.05) is 12.3 Å². The van der Waals surface area contributed by atoms with Gasteiger partial charge in [-0.1, -0.05) is 12.5 Å². The Kier molecular flexibility index (Phi) is 3.97. The van der Waals surface area contributed by atoms with Gasteiger partial charge >= 0.3 is 0 Å². The Bertz CT molecular complexity index is 339. The predicted molar refractivity (Wildman–Crippen MR) is 70.4 cm³/mol. The van der Waals surface area contributed by atoms with Crippen molar-refractivity contribution in [2.45, 2.75) is 51.7 Å². The summed E-state index contributed by atoms with van der Waals surface area (Å²) in [6.45, 7) is 5.62. The van der Waals surface area contributed by atoms with E-state index in [0.29, 0.717) is 17.9 Å². The van der Waals surface area contributed by atoms with E-state index in [-0.39, 0.29) is 0 Å². The lowest BCUT2D eigenvalue weighted by Gasteiger charge is -2.39. The highest BCUT2D eigenvalue weighted by Gasteiger charge is 2.24. The Morgan fingerprint density at radius 3 is 2.59 bits per heavy atom. The number of nitrogen functional groups attached to an aromatic ring is 1. The number of hydrazine groups is 1. The first-order chi connectivity index (χ1) is 8.20. The summed E-state index contributed by atoms with van der Waals surface area (Å²) in [5, 5.41) is 0. The van der Waals surface area contributed by atoms with Crippen molar-refractivity contribution in [2.24, 2.45) is 5.84 Å². The third-order valence-electron chi connectivity index (χ3n) is 3.71. The first-order valence-corrected chi connectivity index (χ1v) is 6.38. The zero-order valence-electron chi connectivity index (χ0n) is 10.7. The van der Waals surface area contributed by atoms with E-state index in [2.05, 4.69) is 35.2 Å². The van der Waals surface area contributed by atoms with Gasteiger partial charge in [-0.05, 0) is 38.3 Å². The summed E-state index contributed by atoms with van der Waals surface area (Å²) in [5.74, 6) is 6.02. The second kappa shape index (κ2) is 5.47. The number of anilines is 1. The minimum atomic E-state index is 0.672. The fraction of sp³-hybridized carbons (Fsp3) is 0.615. The van der Waals surface area contributed by atoms with Crippen molar-refractivity contribution < 1.29 is 0 Å². The Morgan fingerprint density at radius 1 is 1.35 bits per heavy atom. The molecular weight excluding hydrogens is 212 g/mol. The molecule has 2 atom stereocenters. The summed E-state index contributed by atoms with van der Waals surface area (Å²) in [6.07, 6.45) is 5.87. The van der Waals surface area contributed by atoms with Gasteiger partial charge in [0.15, 0.2) is 0 Å². The van der Waals surface area contributed by atoms with Crippen LogP contribution in [0.2, 0.25) is 0 Å². The molecule has 1 aromatic heterocycles. The third kappa shape index (κ3) is 2.96. The van der Waals surface area contributed by atoms with E-state index < -0.39 is 0 Å². The maximum Gasteiger partial charge on any atom is 0.139 e. The van der Waals surface area contributed by atoms with E-state index in [1.165, 1.54) is 24.8 Å². The van der Waals surface area contributed by atoms with Crippen LogP contribution in [0.4, 0.5) is 5.82 Å². The largest absolute Gasteiger partial charge is 0.308 e. The number of hydrogen-bond donors (Lipinski definition) is 2. The van der Waals surface area contributed by atoms with Crippen LogP contribution in [0.5, 0.6) is 0 Å². The van der Waals surface area contributed by atoms with Crippen molar-refractivity contribution in [1.29, 1.82) is 0 Å². The maximum atomic E-state index is 5.31. The molecule has 4 heteroatoms. The molecule has 1 fully saturated rings. The van der Waals surface area contributed by atoms with Gasteiger partial charge in [0.1, 0.15) is 5.82 Å². The molecule has 1 aromatic rings. The normalized spacial score (nSPS) is 25.8. The number of rotatable bonds is 3. The fourth-order valence-electron chi connectivity index (χ4n) is 2.60. The van der Waals surface area contributed by atoms with Gasteiger partial charge in [-0.3, -0.25) is 4.90 Å². The van der Waals surface area contributed by atoms with Crippen LogP contribution in [-0.4, -0.2) is 22.0 Å². The standard InChI is InChI=1S/C13H22N4/c1-10-4-3-5-11(2)17(10)9-12-6-7-13(16-14)15-8-12/h6-8,10-11H,3-5,9,14H2,1-2H3,(H,15,16)/t10-,11+. The smallest absolute Gasteiger partial charge is 0.139 e. The summed E-state index contributed by atoms with van der Waals surface area (Å²) >= 11 is 0. The van der Waals surface area contributed by atoms with Crippen LogP contribution in [0.25, 0.3) is 0 Å². The zero-order chi connectivity index (χ0) is 12.3. The van der Waals surface area contributed by atoms with Crippen molar-refractivity contribution in [3.8, 4) is 0 Å². The van der Waals surface area contributed by atoms with E-state index in [4.69, 9.17) is 5.84 Å². The van der Waals surface area contributed by atoms with Crippen LogP contribution < -0.4 is 11.3 Å². The molecule has 2 heterocycles. The topological polar surface area (TPSA) is 54.2 Å². The number of piperidine rings is 1. The second-order valence-corrected chi connectivity index (χ2v) is 5.00. The molecule has 1 aliphatic rings. The van der Waals surface area contributed by atoms with Gasteiger partial charge < -0.3 is 5.43 Å². The fourth-order valence-corrected chi connectivity index (χ4v) is 2.60. The highest BCUT2D eigenvalue weighted by molar-refractivity contribution is 5.33. The Hall–Kier alpha value is -1.13. The van der Waals surface area contributed by atoms with Gasteiger partial charge in [-0.25, -0.2) is 10.8 Å². The highest BCUT2D eigenvalue weighted by atomic mass is 15.2. The van der Waals surface area contributed by atoms with E-state index in [0.717, 1.165) is 6.54 Å². The Morgan fingerprint density at radius 2 is 2.06 bits per heavy atom. The number of nitrogens with one attached hydrogen (secondary N) is 1. The number of aromatic nitrogens is 1. The molecule has 17 heavy (non-hydrogen) atoms. The molecule has 0 aromatic carbocycles. The molecule has 1 aliphatic heterocycles. The molecular formula is C13H22N4. The van der Waals surface area contributed by atoms with Gasteiger partial charge in [-0.2, -0.15) is 0 Å². The molecule has 0 radical (unpaired) electrons. The molecule has 0 amide bonds. The van der Waals surface area contributed by atoms with Crippen molar-refractivity contribution >= 4 is 5.82 Å². The summed E-state index contributed by atoms with van der Waals surface area (Å²) in [7, 11) is 0. The minimum Gasteiger partial charge on any atom is -0.308 e. The molecule has 0 saturated carbocycles. The molecule has 4 nitrogen and oxygen atoms in total. The zero-order valence-corrected chi connectivity index (χ0v) is 10.7. The van der Waals surface area contributed by atoms with Gasteiger partial charge in [0.05, 0.1) is 0 Å². The quantitative estimate of drug-likeness (QED) is 0.621. The molecule has 0 aliphatic carbocycles. The van der Waals surface area contributed by atoms with Crippen LogP contribution in [0.3, 0.4) is 0 Å². The predicted octanol–water partition coefficient (Wildman–Crippen LogP) is 2.13. The van der Waals surface area contributed by atoms with Crippen LogP contribution in [-0.2, 0) is 6.54 Å². The Balaban J connectivity index is 2.03. The average Bonchev–Trinajstić information content (AvgIpc) is 2.35. The molecule has 2 rings (SSSR count). The molecule has 0 unspecified atom stereocenters. The number of likely N-dealkylation sites (tertiary alicyclic amines) is 1. The number of nitrogens with two attached hydrogens (primary N) is 1. The van der Waals surface area contributed by atoms with E-state index >= 15 is 0 Å². The van der Waals surface area contributed by atoms with Crippen LogP contribution in [0, 0.1) is 0 Å². The number of pyridine rings is 1. The molecule has 3 N–H and O–H groups in total. The minimum absolute atomic E-state index is 0.672. The second-order valence-electron chi connectivity index (χ2n) is 5.00. The van der Waals surface area contributed by atoms with Crippen LogP contribution in [0.1, 0.15) is 38.7 Å². The third-order valence-corrected chi connectivity index (χ3v) is 3.71. The summed E-state index contributed by atoms with van der Waals surface area (Å²) < 4.78 is 0. The lowest BCUT2D eigenvalue weighted by molar-refractivity contribution is 0.0952. The van der Waals surface area contributed by atoms with Gasteiger partial charge in [0.2, 0.25) is 0 Å². The van der Waals surface area contributed by atoms with Crippen molar-refractivity contribution in [3.63, 3.8) is 0 Å². The summed E-state index contributed by atoms with van der Waals surface area (Å²) in [4.78, 5) is 6.82. The first-order valence-electron chi connectivity index (χ1n) is 6.38. The van der Waals surface area contributed by atoms with Crippen LogP contribution >= 0.6 is 0 Å². The van der Waals surface area contributed by atoms with Crippen molar-refractivity contribution in [1.82, 2.24) is 9.88 Å². The van der Waals surface area contributed by atoms with Crippen molar-refractivity contribution in [3.05, 3.63) is 23.9 Å². The monoisotopic (exact) mass is 234 g/mol. The highest BCUT2D eigenvalue weighted by Crippen LogP contribution is 2.24. The van der Waals surface area contributed by atoms with Gasteiger partial charge in [-0.15, -0.1) is 0 Å². The molecule has 0 bridgehead atoms. The van der Waals surface area contributed by atoms with Crippen molar-refractivity contribution in [2.75, 3.05) is 5.43 Å². The van der Waals surface area contributed by atoms with Gasteiger partial charge in [0.25, 0.3) is 0 Å². The van der Waals surface area contributed by atoms with Gasteiger partial charge in [0, 0.05) is 24.8 Å². The number of hydrogen-bond acceptors (Lipinski definition) is 4. The molecule has 94 valence electrons. The molecule has 0 spiro atoms. The summed E-state index contributed by atoms with van der Waals surface area (Å²) in [6, 6.07) is 5.36. The maximum absolute atomic E-state index is 5.31. The Labute approximate surface area is 103 Å². The number of nitrogens with zero attached hydrogens (tertiary/aromatic N) is 2. The molecule has 1 saturated heterocycles. The van der Waals surface area contributed by atoms with Crippen LogP contribution in [0.15, 0.2) is 18.3 Å². The first kappa shape index (κ1) is 12.3. The average molecular weight is 234 g/mol. The lowest BCUT2D eigenvalue weighted by atomic mass is 9.97. The van der Waals surface area contributed by atoms with E-state index in [9.17, 15) is 0 Å². The lowest BCUT2D eigenvalue weighted by Crippen LogP contribution is -2.42. The summed E-state index contributed by atoms with van der Waals surface area (Å²) in [5.41, 5.74) is 3.80. The van der Waals surface area contributed by atoms with E-state index in [1.54, 1.807) is 0 Å². The SMILES string of the molecule is C[C@@H]1CCC[C@H](C)N1Cc1ccc(NN)nc1.